The van der Waals surface area contributed by atoms with Crippen LogP contribution in [0.25, 0.3) is 0 Å². The van der Waals surface area contributed by atoms with Gasteiger partial charge in [-0.2, -0.15) is 5.10 Å². The van der Waals surface area contributed by atoms with Gasteiger partial charge in [0.05, 0.1) is 13.2 Å². The Bertz CT molecular complexity index is 671. The smallest absolute Gasteiger partial charge is 0.223 e. The molecule has 7 nitrogen and oxygen atoms in total. The van der Waals surface area contributed by atoms with Crippen LogP contribution in [0.4, 0.5) is 0 Å². The van der Waals surface area contributed by atoms with Gasteiger partial charge in [0, 0.05) is 31.3 Å². The molecule has 1 saturated heterocycles. The molecule has 1 aliphatic heterocycles. The molecule has 0 saturated carbocycles. The fraction of sp³-hybridized carbons (Fsp3) is 0.529. The second-order valence-corrected chi connectivity index (χ2v) is 6.29. The molecule has 1 unspecified atom stereocenters. The zero-order chi connectivity index (χ0) is 16.9. The highest BCUT2D eigenvalue weighted by atomic mass is 16.5. The Morgan fingerprint density at radius 2 is 2.38 bits per heavy atom. The van der Waals surface area contributed by atoms with Crippen LogP contribution in [0.3, 0.4) is 0 Å². The summed E-state index contributed by atoms with van der Waals surface area (Å²) >= 11 is 0. The number of carbonyl (C=O) groups excluding carboxylic acids is 1. The Balaban J connectivity index is 1.57. The Kier molecular flexibility index (Phi) is 5.20. The van der Waals surface area contributed by atoms with E-state index in [4.69, 9.17) is 4.74 Å². The molecule has 1 N–H and O–H groups in total. The summed E-state index contributed by atoms with van der Waals surface area (Å²) in [6.07, 6.45) is 4.49. The third kappa shape index (κ3) is 3.97. The highest BCUT2D eigenvalue weighted by Crippen LogP contribution is 2.21. The number of H-pyrrole nitrogens is 1. The average molecular weight is 329 g/mol. The minimum absolute atomic E-state index is 0.135. The Hall–Kier alpha value is -2.28. The van der Waals surface area contributed by atoms with E-state index in [9.17, 15) is 4.79 Å². The van der Waals surface area contributed by atoms with E-state index >= 15 is 0 Å². The molecular formula is C17H23N5O2. The van der Waals surface area contributed by atoms with Gasteiger partial charge >= 0.3 is 0 Å². The number of pyridine rings is 1. The molecular weight excluding hydrogens is 306 g/mol. The lowest BCUT2D eigenvalue weighted by molar-refractivity contribution is -0.139. The van der Waals surface area contributed by atoms with E-state index in [0.29, 0.717) is 38.4 Å². The first-order valence-corrected chi connectivity index (χ1v) is 8.34. The predicted molar refractivity (Wildman–Crippen MR) is 88.3 cm³/mol. The molecule has 1 amide bonds. The Morgan fingerprint density at radius 1 is 1.50 bits per heavy atom. The molecule has 1 fully saturated rings. The Morgan fingerprint density at radius 3 is 3.08 bits per heavy atom. The van der Waals surface area contributed by atoms with E-state index in [1.54, 1.807) is 12.4 Å². The lowest BCUT2D eigenvalue weighted by Gasteiger charge is -2.32. The number of carbonyl (C=O) groups is 1. The number of morpholine rings is 1. The molecule has 128 valence electrons. The quantitative estimate of drug-likeness (QED) is 0.905. The number of hydrogen-bond donors (Lipinski definition) is 1. The average Bonchev–Trinajstić information content (AvgIpc) is 3.11. The first-order chi connectivity index (χ1) is 11.6. The first-order valence-electron chi connectivity index (χ1n) is 8.34. The normalized spacial score (nSPS) is 18.1. The van der Waals surface area contributed by atoms with Crippen LogP contribution in [-0.4, -0.2) is 50.7 Å². The number of aromatic nitrogens is 4. The molecule has 0 bridgehead atoms. The lowest BCUT2D eigenvalue weighted by Crippen LogP contribution is -2.42. The van der Waals surface area contributed by atoms with Gasteiger partial charge in [0.2, 0.25) is 5.91 Å². The minimum Gasteiger partial charge on any atom is -0.367 e. The van der Waals surface area contributed by atoms with E-state index in [1.165, 1.54) is 0 Å². The fourth-order valence-corrected chi connectivity index (χ4v) is 2.69. The topological polar surface area (TPSA) is 84.0 Å². The van der Waals surface area contributed by atoms with E-state index in [0.717, 1.165) is 11.4 Å². The number of nitrogens with one attached hydrogen (secondary N) is 1. The fourth-order valence-electron chi connectivity index (χ4n) is 2.69. The van der Waals surface area contributed by atoms with Crippen molar-refractivity contribution in [3.05, 3.63) is 41.7 Å². The van der Waals surface area contributed by atoms with Crippen LogP contribution in [0.15, 0.2) is 24.5 Å². The van der Waals surface area contributed by atoms with Gasteiger partial charge in [-0.25, -0.2) is 4.98 Å². The molecule has 0 aromatic carbocycles. The third-order valence-corrected chi connectivity index (χ3v) is 4.11. The van der Waals surface area contributed by atoms with Gasteiger partial charge in [-0.15, -0.1) is 0 Å². The maximum Gasteiger partial charge on any atom is 0.223 e. The molecule has 0 spiro atoms. The molecule has 24 heavy (non-hydrogen) atoms. The number of ether oxygens (including phenoxy) is 1. The van der Waals surface area contributed by atoms with Crippen LogP contribution in [-0.2, 0) is 16.0 Å². The van der Waals surface area contributed by atoms with E-state index < -0.39 is 0 Å². The number of rotatable bonds is 5. The van der Waals surface area contributed by atoms with Gasteiger partial charge in [0.15, 0.2) is 11.6 Å². The second kappa shape index (κ2) is 7.53. The number of aromatic amines is 1. The summed E-state index contributed by atoms with van der Waals surface area (Å²) in [7, 11) is 0. The van der Waals surface area contributed by atoms with E-state index in [1.807, 2.05) is 30.9 Å². The summed E-state index contributed by atoms with van der Waals surface area (Å²) in [6.45, 7) is 5.74. The van der Waals surface area contributed by atoms with Gasteiger partial charge in [0.1, 0.15) is 6.10 Å². The minimum atomic E-state index is -0.235. The second-order valence-electron chi connectivity index (χ2n) is 6.29. The van der Waals surface area contributed by atoms with Gasteiger partial charge in [0.25, 0.3) is 0 Å². The molecule has 1 atom stereocenters. The summed E-state index contributed by atoms with van der Waals surface area (Å²) in [5.41, 5.74) is 1.08. The molecule has 0 radical (unpaired) electrons. The molecule has 1 aliphatic rings. The Labute approximate surface area is 141 Å². The van der Waals surface area contributed by atoms with Crippen LogP contribution in [0.1, 0.15) is 49.5 Å². The maximum atomic E-state index is 12.5. The third-order valence-electron chi connectivity index (χ3n) is 4.11. The van der Waals surface area contributed by atoms with Crippen molar-refractivity contribution in [1.82, 2.24) is 25.1 Å². The maximum absolute atomic E-state index is 12.5. The highest BCUT2D eigenvalue weighted by molar-refractivity contribution is 5.76. The summed E-state index contributed by atoms with van der Waals surface area (Å²) in [5.74, 6) is 1.86. The van der Waals surface area contributed by atoms with Crippen LogP contribution in [0.2, 0.25) is 0 Å². The van der Waals surface area contributed by atoms with E-state index in [2.05, 4.69) is 20.2 Å². The van der Waals surface area contributed by atoms with Gasteiger partial charge in [-0.1, -0.05) is 19.9 Å². The van der Waals surface area contributed by atoms with Crippen molar-refractivity contribution in [2.24, 2.45) is 0 Å². The van der Waals surface area contributed by atoms with Crippen LogP contribution >= 0.6 is 0 Å². The monoisotopic (exact) mass is 329 g/mol. The summed E-state index contributed by atoms with van der Waals surface area (Å²) < 4.78 is 5.76. The lowest BCUT2D eigenvalue weighted by atomic mass is 10.1. The number of amides is 1. The van der Waals surface area contributed by atoms with Gasteiger partial charge in [-0.3, -0.25) is 14.9 Å². The van der Waals surface area contributed by atoms with Gasteiger partial charge in [-0.05, 0) is 18.1 Å². The predicted octanol–water partition coefficient (Wildman–Crippen LogP) is 1.86. The highest BCUT2D eigenvalue weighted by Gasteiger charge is 2.27. The molecule has 2 aromatic heterocycles. The largest absolute Gasteiger partial charge is 0.367 e. The zero-order valence-electron chi connectivity index (χ0n) is 14.1. The number of nitrogens with zero attached hydrogens (tertiary/aromatic N) is 4. The molecule has 3 rings (SSSR count). The van der Waals surface area contributed by atoms with Gasteiger partial charge < -0.3 is 9.64 Å². The van der Waals surface area contributed by atoms with Crippen molar-refractivity contribution in [2.75, 3.05) is 19.7 Å². The van der Waals surface area contributed by atoms with Crippen molar-refractivity contribution in [2.45, 2.75) is 38.7 Å². The standard InChI is InChI=1S/C17H23N5O2/c1-12(2)16-19-17(21-20-16)14-11-22(8-9-24-14)15(23)6-5-13-4-3-7-18-10-13/h3-4,7,10,12,14H,5-6,8-9,11H2,1-2H3,(H,19,20,21). The first kappa shape index (κ1) is 16.6. The summed E-state index contributed by atoms with van der Waals surface area (Å²) in [4.78, 5) is 22.9. The van der Waals surface area contributed by atoms with Crippen molar-refractivity contribution in [3.8, 4) is 0 Å². The number of hydrogen-bond acceptors (Lipinski definition) is 5. The summed E-state index contributed by atoms with van der Waals surface area (Å²) in [6, 6.07) is 3.88. The molecule has 7 heteroatoms. The SMILES string of the molecule is CC(C)c1n[nH]c(C2CN(C(=O)CCc3cccnc3)CCO2)n1. The van der Waals surface area contributed by atoms with Crippen molar-refractivity contribution < 1.29 is 9.53 Å². The van der Waals surface area contributed by atoms with Crippen LogP contribution in [0.5, 0.6) is 0 Å². The summed E-state index contributed by atoms with van der Waals surface area (Å²) in [5, 5.41) is 7.15. The van der Waals surface area contributed by atoms with Crippen LogP contribution in [0, 0.1) is 0 Å². The van der Waals surface area contributed by atoms with E-state index in [-0.39, 0.29) is 17.9 Å². The number of aryl methyl sites for hydroxylation is 1. The molecule has 3 heterocycles. The van der Waals surface area contributed by atoms with Crippen molar-refractivity contribution >= 4 is 5.91 Å². The van der Waals surface area contributed by atoms with Crippen molar-refractivity contribution in [1.29, 1.82) is 0 Å². The molecule has 2 aromatic rings. The van der Waals surface area contributed by atoms with Crippen LogP contribution < -0.4 is 0 Å². The van der Waals surface area contributed by atoms with Crippen molar-refractivity contribution in [3.63, 3.8) is 0 Å². The molecule has 0 aliphatic carbocycles. The zero-order valence-corrected chi connectivity index (χ0v) is 14.1.